The lowest BCUT2D eigenvalue weighted by atomic mass is 9.82. The smallest absolute Gasteiger partial charge is 0.313 e. The van der Waals surface area contributed by atoms with Gasteiger partial charge in [0, 0.05) is 5.56 Å². The van der Waals surface area contributed by atoms with Gasteiger partial charge in [-0.3, -0.25) is 9.59 Å². The van der Waals surface area contributed by atoms with Crippen LogP contribution in [0.5, 0.6) is 0 Å². The van der Waals surface area contributed by atoms with Gasteiger partial charge in [0.25, 0.3) is 5.22 Å². The van der Waals surface area contributed by atoms with E-state index < -0.39 is 17.4 Å². The molecule has 2 N–H and O–H groups in total. The van der Waals surface area contributed by atoms with Gasteiger partial charge in [-0.2, -0.15) is 0 Å². The summed E-state index contributed by atoms with van der Waals surface area (Å²) in [5.41, 5.74) is -0.185. The van der Waals surface area contributed by atoms with Crippen LogP contribution < -0.4 is 5.32 Å². The zero-order chi connectivity index (χ0) is 18.6. The van der Waals surface area contributed by atoms with Gasteiger partial charge in [0.2, 0.25) is 11.8 Å². The van der Waals surface area contributed by atoms with Gasteiger partial charge in [-0.05, 0) is 19.1 Å². The maximum absolute atomic E-state index is 12.3. The highest BCUT2D eigenvalue weighted by Gasteiger charge is 2.37. The summed E-state index contributed by atoms with van der Waals surface area (Å²) in [4.78, 5) is 23.7. The molecule has 1 aliphatic carbocycles. The Kier molecular flexibility index (Phi) is 5.22. The lowest BCUT2D eigenvalue weighted by Gasteiger charge is -2.33. The van der Waals surface area contributed by atoms with Gasteiger partial charge in [-0.15, -0.1) is 10.2 Å². The zero-order valence-corrected chi connectivity index (χ0v) is 14.8. The standard InChI is InChI=1S/C18H17N3O4S/c1-18(10-6-5-9-13(18)16(23)24)19-14(22)11-26-17-21-20-15(25-17)12-7-3-2-4-8-12/h2-10,13H,11H2,1H3,(H,19,22)(H,23,24). The van der Waals surface area contributed by atoms with Crippen molar-refractivity contribution in [2.75, 3.05) is 5.75 Å². The molecule has 8 heteroatoms. The van der Waals surface area contributed by atoms with Crippen molar-refractivity contribution in [2.45, 2.75) is 17.7 Å². The summed E-state index contributed by atoms with van der Waals surface area (Å²) >= 11 is 1.10. The highest BCUT2D eigenvalue weighted by molar-refractivity contribution is 7.99. The van der Waals surface area contributed by atoms with E-state index in [1.165, 1.54) is 0 Å². The first-order valence-electron chi connectivity index (χ1n) is 7.89. The molecule has 1 heterocycles. The molecule has 7 nitrogen and oxygen atoms in total. The number of aliphatic carboxylic acids is 1. The van der Waals surface area contributed by atoms with Gasteiger partial charge in [0.1, 0.15) is 5.92 Å². The number of carboxylic acids is 1. The Balaban J connectivity index is 1.59. The molecule has 2 atom stereocenters. The fourth-order valence-corrected chi connectivity index (χ4v) is 3.18. The Bertz CT molecular complexity index is 862. The number of benzene rings is 1. The van der Waals surface area contributed by atoms with Crippen LogP contribution in [0.25, 0.3) is 11.5 Å². The second-order valence-electron chi connectivity index (χ2n) is 5.92. The SMILES string of the molecule is CC1(NC(=O)CSc2nnc(-c3ccccc3)o2)C=CC=CC1C(=O)O. The van der Waals surface area contributed by atoms with Crippen LogP contribution in [-0.4, -0.2) is 38.5 Å². The van der Waals surface area contributed by atoms with Gasteiger partial charge < -0.3 is 14.8 Å². The Morgan fingerprint density at radius 1 is 1.27 bits per heavy atom. The molecule has 0 saturated heterocycles. The van der Waals surface area contributed by atoms with Crippen molar-refractivity contribution >= 4 is 23.6 Å². The van der Waals surface area contributed by atoms with Gasteiger partial charge in [-0.25, -0.2) is 0 Å². The molecule has 1 aliphatic rings. The van der Waals surface area contributed by atoms with Crippen LogP contribution in [0.1, 0.15) is 6.92 Å². The Morgan fingerprint density at radius 2 is 2.04 bits per heavy atom. The van der Waals surface area contributed by atoms with E-state index in [9.17, 15) is 14.7 Å². The fourth-order valence-electron chi connectivity index (χ4n) is 2.62. The van der Waals surface area contributed by atoms with E-state index in [2.05, 4.69) is 15.5 Å². The summed E-state index contributed by atoms with van der Waals surface area (Å²) in [5.74, 6) is -1.72. The minimum Gasteiger partial charge on any atom is -0.481 e. The van der Waals surface area contributed by atoms with E-state index in [1.807, 2.05) is 30.3 Å². The summed E-state index contributed by atoms with van der Waals surface area (Å²) in [6.07, 6.45) is 6.61. The minimum absolute atomic E-state index is 0.0376. The molecule has 1 amide bonds. The molecule has 0 bridgehead atoms. The van der Waals surface area contributed by atoms with Crippen molar-refractivity contribution in [1.29, 1.82) is 0 Å². The number of hydrogen-bond acceptors (Lipinski definition) is 6. The van der Waals surface area contributed by atoms with Gasteiger partial charge in [-0.1, -0.05) is 54.3 Å². The monoisotopic (exact) mass is 371 g/mol. The second-order valence-corrected chi connectivity index (χ2v) is 6.85. The van der Waals surface area contributed by atoms with Gasteiger partial charge >= 0.3 is 5.97 Å². The summed E-state index contributed by atoms with van der Waals surface area (Å²) in [6.45, 7) is 1.68. The number of aromatic nitrogens is 2. The Morgan fingerprint density at radius 3 is 2.77 bits per heavy atom. The Hall–Kier alpha value is -2.87. The number of hydrogen-bond donors (Lipinski definition) is 2. The van der Waals surface area contributed by atoms with Crippen molar-refractivity contribution < 1.29 is 19.1 Å². The Labute approximate surface area is 154 Å². The van der Waals surface area contributed by atoms with Crippen LogP contribution in [-0.2, 0) is 9.59 Å². The first-order chi connectivity index (χ1) is 12.5. The summed E-state index contributed by atoms with van der Waals surface area (Å²) in [5, 5.41) is 20.3. The van der Waals surface area contributed by atoms with Crippen molar-refractivity contribution in [3.05, 3.63) is 54.6 Å². The number of carboxylic acid groups (broad SMARTS) is 1. The highest BCUT2D eigenvalue weighted by Crippen LogP contribution is 2.26. The topological polar surface area (TPSA) is 105 Å². The molecule has 0 saturated carbocycles. The average Bonchev–Trinajstić information content (AvgIpc) is 3.09. The number of carbonyl (C=O) groups is 2. The maximum atomic E-state index is 12.3. The largest absolute Gasteiger partial charge is 0.481 e. The molecule has 134 valence electrons. The van der Waals surface area contributed by atoms with Gasteiger partial charge in [0.05, 0.1) is 11.3 Å². The normalized spacial score (nSPS) is 21.5. The first-order valence-corrected chi connectivity index (χ1v) is 8.88. The number of nitrogens with one attached hydrogen (secondary N) is 1. The molecule has 2 aromatic rings. The maximum Gasteiger partial charge on any atom is 0.313 e. The number of amides is 1. The molecule has 0 spiro atoms. The van der Waals surface area contributed by atoms with E-state index in [0.29, 0.717) is 5.89 Å². The molecule has 0 fully saturated rings. The predicted octanol–water partition coefficient (Wildman–Crippen LogP) is 2.53. The lowest BCUT2D eigenvalue weighted by molar-refractivity contribution is -0.142. The first kappa shape index (κ1) is 17.9. The van der Waals surface area contributed by atoms with Crippen molar-refractivity contribution in [1.82, 2.24) is 15.5 Å². The van der Waals surface area contributed by atoms with Crippen LogP contribution in [0.3, 0.4) is 0 Å². The van der Waals surface area contributed by atoms with Crippen LogP contribution in [0, 0.1) is 5.92 Å². The summed E-state index contributed by atoms with van der Waals surface area (Å²) in [6, 6.07) is 9.33. The molecule has 2 unspecified atom stereocenters. The number of nitrogens with zero attached hydrogens (tertiary/aromatic N) is 2. The molecule has 1 aromatic heterocycles. The van der Waals surface area contributed by atoms with E-state index >= 15 is 0 Å². The molecule has 0 aliphatic heterocycles. The van der Waals surface area contributed by atoms with Crippen LogP contribution >= 0.6 is 11.8 Å². The van der Waals surface area contributed by atoms with E-state index in [0.717, 1.165) is 17.3 Å². The number of thioether (sulfide) groups is 1. The fraction of sp³-hybridized carbons (Fsp3) is 0.222. The quantitative estimate of drug-likeness (QED) is 0.752. The molecule has 3 rings (SSSR count). The van der Waals surface area contributed by atoms with Crippen molar-refractivity contribution in [3.63, 3.8) is 0 Å². The number of allylic oxidation sites excluding steroid dienone is 2. The minimum atomic E-state index is -0.995. The molecular weight excluding hydrogens is 354 g/mol. The van der Waals surface area contributed by atoms with Crippen LogP contribution in [0.15, 0.2) is 64.3 Å². The molecule has 26 heavy (non-hydrogen) atoms. The third-order valence-corrected chi connectivity index (χ3v) is 4.75. The van der Waals surface area contributed by atoms with Crippen molar-refractivity contribution in [3.8, 4) is 11.5 Å². The summed E-state index contributed by atoms with van der Waals surface area (Å²) in [7, 11) is 0. The van der Waals surface area contributed by atoms with Crippen LogP contribution in [0.4, 0.5) is 0 Å². The lowest BCUT2D eigenvalue weighted by Crippen LogP contribution is -2.53. The van der Waals surface area contributed by atoms with Gasteiger partial charge in [0.15, 0.2) is 0 Å². The molecular formula is C18H17N3O4S. The van der Waals surface area contributed by atoms with E-state index in [4.69, 9.17) is 4.42 Å². The third kappa shape index (κ3) is 4.02. The second kappa shape index (κ2) is 7.57. The zero-order valence-electron chi connectivity index (χ0n) is 14.0. The summed E-state index contributed by atoms with van der Waals surface area (Å²) < 4.78 is 5.54. The third-order valence-electron chi connectivity index (χ3n) is 3.93. The van der Waals surface area contributed by atoms with Crippen LogP contribution in [0.2, 0.25) is 0 Å². The van der Waals surface area contributed by atoms with E-state index in [-0.39, 0.29) is 16.9 Å². The molecule has 0 radical (unpaired) electrons. The highest BCUT2D eigenvalue weighted by atomic mass is 32.2. The average molecular weight is 371 g/mol. The number of carbonyl (C=O) groups excluding carboxylic acids is 1. The predicted molar refractivity (Wildman–Crippen MR) is 96.4 cm³/mol. The van der Waals surface area contributed by atoms with E-state index in [1.54, 1.807) is 31.2 Å². The number of rotatable bonds is 6. The van der Waals surface area contributed by atoms with Crippen molar-refractivity contribution in [2.24, 2.45) is 5.92 Å². The molecule has 1 aromatic carbocycles.